The predicted octanol–water partition coefficient (Wildman–Crippen LogP) is 4.60. The van der Waals surface area contributed by atoms with Gasteiger partial charge in [-0.25, -0.2) is 8.78 Å². The summed E-state index contributed by atoms with van der Waals surface area (Å²) < 4.78 is 32.3. The first kappa shape index (κ1) is 25.3. The van der Waals surface area contributed by atoms with Crippen molar-refractivity contribution >= 4 is 11.8 Å². The second kappa shape index (κ2) is 11.3. The Balaban J connectivity index is 1.51. The van der Waals surface area contributed by atoms with Crippen LogP contribution in [0.4, 0.5) is 8.78 Å². The van der Waals surface area contributed by atoms with Gasteiger partial charge in [-0.2, -0.15) is 0 Å². The zero-order valence-electron chi connectivity index (χ0n) is 20.4. The molecule has 6 nitrogen and oxygen atoms in total. The molecule has 4 rings (SSSR count). The van der Waals surface area contributed by atoms with Crippen LogP contribution < -0.4 is 4.74 Å². The molecule has 3 aromatic rings. The number of carbonyl (C=O) groups excluding carboxylic acids is 2. The fourth-order valence-corrected chi connectivity index (χ4v) is 4.80. The fraction of sp³-hybridized carbons (Fsp3) is 0.321. The van der Waals surface area contributed by atoms with Crippen LogP contribution in [0.5, 0.6) is 5.75 Å². The molecular formula is C28H29F2N3O3. The van der Waals surface area contributed by atoms with Gasteiger partial charge < -0.3 is 14.5 Å². The maximum absolute atomic E-state index is 13.6. The minimum Gasteiger partial charge on any atom is -0.497 e. The van der Waals surface area contributed by atoms with Crippen LogP contribution in [-0.2, 0) is 6.42 Å². The summed E-state index contributed by atoms with van der Waals surface area (Å²) >= 11 is 0. The molecule has 1 aliphatic heterocycles. The molecule has 2 heterocycles. The van der Waals surface area contributed by atoms with Crippen molar-refractivity contribution < 1.29 is 23.1 Å². The lowest BCUT2D eigenvalue weighted by Crippen LogP contribution is -2.48. The highest BCUT2D eigenvalue weighted by molar-refractivity contribution is 5.94. The summed E-state index contributed by atoms with van der Waals surface area (Å²) in [6, 6.07) is 14.4. The van der Waals surface area contributed by atoms with Crippen LogP contribution in [-0.4, -0.2) is 59.9 Å². The lowest BCUT2D eigenvalue weighted by molar-refractivity contribution is 0.0522. The summed E-state index contributed by atoms with van der Waals surface area (Å²) in [5.74, 6) is -1.57. The minimum absolute atomic E-state index is 0.115. The van der Waals surface area contributed by atoms with E-state index in [0.717, 1.165) is 23.4 Å². The average Bonchev–Trinajstić information content (AvgIpc) is 2.92. The van der Waals surface area contributed by atoms with Crippen molar-refractivity contribution in [3.05, 3.63) is 95.3 Å². The molecule has 0 unspecified atom stereocenters. The molecule has 1 saturated heterocycles. The fourth-order valence-electron chi connectivity index (χ4n) is 4.80. The van der Waals surface area contributed by atoms with Crippen molar-refractivity contribution in [2.45, 2.75) is 25.3 Å². The molecular weight excluding hydrogens is 464 g/mol. The van der Waals surface area contributed by atoms with E-state index in [2.05, 4.69) is 4.98 Å². The molecule has 8 heteroatoms. The Morgan fingerprint density at radius 3 is 2.50 bits per heavy atom. The second-order valence-electron chi connectivity index (χ2n) is 9.04. The number of hydrogen-bond donors (Lipinski definition) is 0. The first-order valence-corrected chi connectivity index (χ1v) is 11.9. The first-order chi connectivity index (χ1) is 17.4. The van der Waals surface area contributed by atoms with Crippen molar-refractivity contribution in [3.63, 3.8) is 0 Å². The quantitative estimate of drug-likeness (QED) is 0.483. The number of methoxy groups -OCH3 is 1. The molecule has 0 N–H and O–H groups in total. The average molecular weight is 494 g/mol. The molecule has 1 aromatic heterocycles. The topological polar surface area (TPSA) is 62.7 Å². The molecule has 1 fully saturated rings. The number of rotatable bonds is 7. The number of amides is 2. The molecule has 188 valence electrons. The lowest BCUT2D eigenvalue weighted by atomic mass is 9.84. The number of pyridine rings is 1. The van der Waals surface area contributed by atoms with E-state index in [0.29, 0.717) is 37.9 Å². The Hall–Kier alpha value is -3.81. The van der Waals surface area contributed by atoms with E-state index >= 15 is 0 Å². The molecule has 2 amide bonds. The summed E-state index contributed by atoms with van der Waals surface area (Å²) in [4.78, 5) is 33.7. The highest BCUT2D eigenvalue weighted by atomic mass is 19.2. The van der Waals surface area contributed by atoms with Crippen LogP contribution in [0.3, 0.4) is 0 Å². The van der Waals surface area contributed by atoms with E-state index in [1.165, 1.54) is 6.07 Å². The zero-order valence-corrected chi connectivity index (χ0v) is 20.4. The normalized spacial score (nSPS) is 14.8. The van der Waals surface area contributed by atoms with Gasteiger partial charge in [0.25, 0.3) is 11.8 Å². The third-order valence-corrected chi connectivity index (χ3v) is 6.84. The van der Waals surface area contributed by atoms with Crippen LogP contribution >= 0.6 is 0 Å². The molecule has 2 aromatic carbocycles. The number of piperidine rings is 1. The second-order valence-corrected chi connectivity index (χ2v) is 9.04. The van der Waals surface area contributed by atoms with Crippen LogP contribution in [0.25, 0.3) is 0 Å². The number of carbonyl (C=O) groups is 2. The van der Waals surface area contributed by atoms with Crippen molar-refractivity contribution in [1.82, 2.24) is 14.8 Å². The maximum Gasteiger partial charge on any atom is 0.255 e. The summed E-state index contributed by atoms with van der Waals surface area (Å²) in [7, 11) is 3.42. The molecule has 0 bridgehead atoms. The summed E-state index contributed by atoms with van der Waals surface area (Å²) in [6.45, 7) is 0.929. The number of halogens is 2. The molecule has 1 atom stereocenters. The smallest absolute Gasteiger partial charge is 0.255 e. The number of nitrogens with zero attached hydrogens (tertiary/aromatic N) is 3. The van der Waals surface area contributed by atoms with Crippen LogP contribution in [0.1, 0.15) is 39.1 Å². The zero-order chi connectivity index (χ0) is 25.7. The molecule has 0 radical (unpaired) electrons. The highest BCUT2D eigenvalue weighted by Gasteiger charge is 2.33. The standard InChI is InChI=1S/C28H29F2N3O3/c1-32(27(34)22-6-4-12-31-18-22)26(16-19-5-3-7-23(15-19)36-2)20-10-13-33(14-11-20)28(35)21-8-9-24(29)25(30)17-21/h3-9,12,15,17-18,20,26H,10-11,13-14,16H2,1-2H3/t26-/m0/s1. The van der Waals surface area contributed by atoms with E-state index in [1.807, 2.05) is 24.3 Å². The maximum atomic E-state index is 13.6. The molecule has 0 spiro atoms. The third-order valence-electron chi connectivity index (χ3n) is 6.84. The predicted molar refractivity (Wildman–Crippen MR) is 132 cm³/mol. The van der Waals surface area contributed by atoms with Crippen molar-refractivity contribution in [1.29, 1.82) is 0 Å². The van der Waals surface area contributed by atoms with Crippen LogP contribution in [0, 0.1) is 17.6 Å². The van der Waals surface area contributed by atoms with Gasteiger partial charge in [0.2, 0.25) is 0 Å². The molecule has 36 heavy (non-hydrogen) atoms. The van der Waals surface area contributed by atoms with Gasteiger partial charge in [-0.05, 0) is 73.2 Å². The molecule has 0 saturated carbocycles. The molecule has 1 aliphatic rings. The summed E-state index contributed by atoms with van der Waals surface area (Å²) in [5, 5.41) is 0. The van der Waals surface area contributed by atoms with E-state index in [-0.39, 0.29) is 29.3 Å². The van der Waals surface area contributed by atoms with Crippen molar-refractivity contribution in [3.8, 4) is 5.75 Å². The molecule has 0 aliphatic carbocycles. The van der Waals surface area contributed by atoms with Gasteiger partial charge in [0.1, 0.15) is 5.75 Å². The third kappa shape index (κ3) is 5.70. The van der Waals surface area contributed by atoms with Gasteiger partial charge in [-0.15, -0.1) is 0 Å². The van der Waals surface area contributed by atoms with E-state index in [1.54, 1.807) is 48.5 Å². The SMILES string of the molecule is COc1cccc(C[C@@H](C2CCN(C(=O)c3ccc(F)c(F)c3)CC2)N(C)C(=O)c2cccnc2)c1. The van der Waals surface area contributed by atoms with Crippen LogP contribution in [0.2, 0.25) is 0 Å². The Kier molecular flexibility index (Phi) is 7.93. The van der Waals surface area contributed by atoms with E-state index < -0.39 is 11.6 Å². The van der Waals surface area contributed by atoms with E-state index in [4.69, 9.17) is 4.74 Å². The van der Waals surface area contributed by atoms with Gasteiger partial charge in [0.15, 0.2) is 11.6 Å². The first-order valence-electron chi connectivity index (χ1n) is 11.9. The number of likely N-dealkylation sites (N-methyl/N-ethyl adjacent to an activating group) is 1. The monoisotopic (exact) mass is 493 g/mol. The Bertz CT molecular complexity index is 1210. The Labute approximate surface area is 209 Å². The van der Waals surface area contributed by atoms with E-state index in [9.17, 15) is 18.4 Å². The van der Waals surface area contributed by atoms with Gasteiger partial charge in [-0.3, -0.25) is 14.6 Å². The van der Waals surface area contributed by atoms with Crippen molar-refractivity contribution in [2.24, 2.45) is 5.92 Å². The number of aromatic nitrogens is 1. The number of benzene rings is 2. The Morgan fingerprint density at radius 1 is 1.06 bits per heavy atom. The lowest BCUT2D eigenvalue weighted by Gasteiger charge is -2.40. The van der Waals surface area contributed by atoms with Gasteiger partial charge in [0, 0.05) is 44.1 Å². The number of hydrogen-bond acceptors (Lipinski definition) is 4. The van der Waals surface area contributed by atoms with Crippen molar-refractivity contribution in [2.75, 3.05) is 27.2 Å². The highest BCUT2D eigenvalue weighted by Crippen LogP contribution is 2.29. The largest absolute Gasteiger partial charge is 0.497 e. The van der Waals surface area contributed by atoms with Gasteiger partial charge in [0.05, 0.1) is 12.7 Å². The van der Waals surface area contributed by atoms with Crippen LogP contribution in [0.15, 0.2) is 67.0 Å². The number of likely N-dealkylation sites (tertiary alicyclic amines) is 1. The summed E-state index contributed by atoms with van der Waals surface area (Å²) in [6.07, 6.45) is 5.17. The van der Waals surface area contributed by atoms with Gasteiger partial charge in [-0.1, -0.05) is 12.1 Å². The number of ether oxygens (including phenoxy) is 1. The van der Waals surface area contributed by atoms with Gasteiger partial charge >= 0.3 is 0 Å². The Morgan fingerprint density at radius 2 is 1.83 bits per heavy atom. The minimum atomic E-state index is -1.04. The summed E-state index contributed by atoms with van der Waals surface area (Å²) in [5.41, 5.74) is 1.69.